The highest BCUT2D eigenvalue weighted by molar-refractivity contribution is 7.18. The fourth-order valence-corrected chi connectivity index (χ4v) is 4.21. The van der Waals surface area contributed by atoms with Gasteiger partial charge in [-0.2, -0.15) is 0 Å². The first-order chi connectivity index (χ1) is 14.0. The molecule has 0 spiro atoms. The molecule has 0 unspecified atom stereocenters. The number of aryl methyl sites for hydroxylation is 1. The van der Waals surface area contributed by atoms with Crippen LogP contribution in [0.2, 0.25) is 0 Å². The van der Waals surface area contributed by atoms with Gasteiger partial charge in [-0.25, -0.2) is 4.98 Å². The van der Waals surface area contributed by atoms with Gasteiger partial charge in [-0.1, -0.05) is 13.0 Å². The molecule has 2 heterocycles. The number of methoxy groups -OCH3 is 2. The molecule has 0 bridgehead atoms. The molecule has 0 aliphatic heterocycles. The molecule has 3 aromatic rings. The second kappa shape index (κ2) is 9.09. The van der Waals surface area contributed by atoms with Crippen LogP contribution in [0.15, 0.2) is 29.1 Å². The van der Waals surface area contributed by atoms with Crippen molar-refractivity contribution >= 4 is 27.5 Å². The first-order valence-corrected chi connectivity index (χ1v) is 10.3. The Bertz CT molecular complexity index is 1090. The van der Waals surface area contributed by atoms with Gasteiger partial charge >= 0.3 is 0 Å². The quantitative estimate of drug-likeness (QED) is 0.580. The van der Waals surface area contributed by atoms with Gasteiger partial charge in [-0.3, -0.25) is 14.2 Å². The smallest absolute Gasteiger partial charge is 0.262 e. The second-order valence-electron chi connectivity index (χ2n) is 6.71. The predicted octanol–water partition coefficient (Wildman–Crippen LogP) is 2.89. The first kappa shape index (κ1) is 20.9. The van der Waals surface area contributed by atoms with Crippen molar-refractivity contribution in [3.05, 3.63) is 50.9 Å². The number of thiophene rings is 1. The average Bonchev–Trinajstić information content (AvgIpc) is 3.13. The van der Waals surface area contributed by atoms with Gasteiger partial charge in [0.15, 0.2) is 11.5 Å². The van der Waals surface area contributed by atoms with Crippen LogP contribution in [0, 0.1) is 0 Å². The van der Waals surface area contributed by atoms with Gasteiger partial charge in [0.2, 0.25) is 5.91 Å². The number of nitrogens with zero attached hydrogens (tertiary/aromatic N) is 2. The van der Waals surface area contributed by atoms with Crippen LogP contribution < -0.4 is 20.8 Å². The third kappa shape index (κ3) is 4.59. The van der Waals surface area contributed by atoms with Crippen LogP contribution in [0.5, 0.6) is 11.5 Å². The number of carbonyl (C=O) groups excluding carboxylic acids is 1. The van der Waals surface area contributed by atoms with Crippen LogP contribution in [0.4, 0.5) is 0 Å². The molecule has 0 atom stereocenters. The molecule has 154 valence electrons. The Morgan fingerprint density at radius 3 is 2.62 bits per heavy atom. The maximum absolute atomic E-state index is 13.1. The summed E-state index contributed by atoms with van der Waals surface area (Å²) < 4.78 is 12.3. The van der Waals surface area contributed by atoms with E-state index in [1.807, 2.05) is 24.3 Å². The molecule has 0 fully saturated rings. The molecule has 1 aromatic carbocycles. The average molecular weight is 416 g/mol. The largest absolute Gasteiger partial charge is 0.493 e. The third-order valence-corrected chi connectivity index (χ3v) is 5.92. The summed E-state index contributed by atoms with van der Waals surface area (Å²) in [4.78, 5) is 30.9. The summed E-state index contributed by atoms with van der Waals surface area (Å²) in [6.07, 6.45) is 2.03. The summed E-state index contributed by atoms with van der Waals surface area (Å²) in [5.41, 5.74) is 6.13. The van der Waals surface area contributed by atoms with E-state index in [2.05, 4.69) is 6.92 Å². The van der Waals surface area contributed by atoms with Crippen molar-refractivity contribution in [3.8, 4) is 11.5 Å². The van der Waals surface area contributed by atoms with Crippen LogP contribution in [-0.4, -0.2) is 29.7 Å². The lowest BCUT2D eigenvalue weighted by atomic mass is 10.1. The van der Waals surface area contributed by atoms with Crippen LogP contribution in [0.3, 0.4) is 0 Å². The Morgan fingerprint density at radius 1 is 1.21 bits per heavy atom. The van der Waals surface area contributed by atoms with Crippen LogP contribution >= 0.6 is 11.3 Å². The van der Waals surface area contributed by atoms with E-state index in [9.17, 15) is 9.59 Å². The summed E-state index contributed by atoms with van der Waals surface area (Å²) in [7, 11) is 3.18. The zero-order valence-electron chi connectivity index (χ0n) is 16.9. The minimum Gasteiger partial charge on any atom is -0.493 e. The minimum absolute atomic E-state index is 0.0779. The Hall–Kier alpha value is -2.87. The number of hydrogen-bond acceptors (Lipinski definition) is 6. The van der Waals surface area contributed by atoms with E-state index < -0.39 is 0 Å². The molecular formula is C21H25N3O4S. The molecule has 0 saturated carbocycles. The lowest BCUT2D eigenvalue weighted by Gasteiger charge is -2.13. The third-order valence-electron chi connectivity index (χ3n) is 4.74. The Balaban J connectivity index is 2.04. The van der Waals surface area contributed by atoms with Gasteiger partial charge in [-0.15, -0.1) is 11.3 Å². The molecule has 0 radical (unpaired) electrons. The van der Waals surface area contributed by atoms with Gasteiger partial charge in [0, 0.05) is 24.3 Å². The van der Waals surface area contributed by atoms with Crippen molar-refractivity contribution in [2.75, 3.05) is 14.2 Å². The summed E-state index contributed by atoms with van der Waals surface area (Å²) in [6.45, 7) is 2.45. The number of rotatable bonds is 9. The normalized spacial score (nSPS) is 11.0. The Morgan fingerprint density at radius 2 is 1.97 bits per heavy atom. The highest BCUT2D eigenvalue weighted by Gasteiger charge is 2.15. The van der Waals surface area contributed by atoms with Crippen molar-refractivity contribution in [3.63, 3.8) is 0 Å². The maximum atomic E-state index is 13.1. The minimum atomic E-state index is -0.377. The standard InChI is InChI=1S/C21H25N3O4S/c1-4-14-12-15-20(29-14)23-19(24(21(15)26)9-5-6-18(22)25)11-13-7-8-16(27-2)17(10-13)28-3/h7-8,10,12H,4-6,9,11H2,1-3H3,(H2,22,25). The molecular weight excluding hydrogens is 390 g/mol. The lowest BCUT2D eigenvalue weighted by molar-refractivity contribution is -0.118. The predicted molar refractivity (Wildman–Crippen MR) is 114 cm³/mol. The highest BCUT2D eigenvalue weighted by atomic mass is 32.1. The zero-order chi connectivity index (χ0) is 21.0. The topological polar surface area (TPSA) is 96.4 Å². The van der Waals surface area contributed by atoms with E-state index in [-0.39, 0.29) is 17.9 Å². The molecule has 0 aliphatic rings. The molecule has 1 amide bonds. The van der Waals surface area contributed by atoms with E-state index in [0.717, 1.165) is 21.7 Å². The highest BCUT2D eigenvalue weighted by Crippen LogP contribution is 2.29. The van der Waals surface area contributed by atoms with Gasteiger partial charge < -0.3 is 15.2 Å². The molecule has 8 heteroatoms. The molecule has 2 N–H and O–H groups in total. The number of aromatic nitrogens is 2. The van der Waals surface area contributed by atoms with Crippen molar-refractivity contribution in [2.24, 2.45) is 5.73 Å². The Labute approximate surface area is 173 Å². The molecule has 2 aromatic heterocycles. The van der Waals surface area contributed by atoms with Crippen molar-refractivity contribution < 1.29 is 14.3 Å². The lowest BCUT2D eigenvalue weighted by Crippen LogP contribution is -2.26. The van der Waals surface area contributed by atoms with Crippen molar-refractivity contribution in [1.82, 2.24) is 9.55 Å². The summed E-state index contributed by atoms with van der Waals surface area (Å²) in [6, 6.07) is 7.56. The van der Waals surface area contributed by atoms with E-state index in [1.54, 1.807) is 30.1 Å². The van der Waals surface area contributed by atoms with Gasteiger partial charge in [0.05, 0.1) is 19.6 Å². The number of nitrogens with two attached hydrogens (primary N) is 1. The first-order valence-electron chi connectivity index (χ1n) is 9.48. The monoisotopic (exact) mass is 415 g/mol. The van der Waals surface area contributed by atoms with Crippen LogP contribution in [0.25, 0.3) is 10.2 Å². The summed E-state index contributed by atoms with van der Waals surface area (Å²) >= 11 is 1.54. The number of benzene rings is 1. The van der Waals surface area contributed by atoms with Gasteiger partial charge in [-0.05, 0) is 36.6 Å². The molecule has 0 saturated heterocycles. The number of amides is 1. The van der Waals surface area contributed by atoms with Crippen molar-refractivity contribution in [1.29, 1.82) is 0 Å². The second-order valence-corrected chi connectivity index (χ2v) is 7.82. The summed E-state index contributed by atoms with van der Waals surface area (Å²) in [5.74, 6) is 1.54. The summed E-state index contributed by atoms with van der Waals surface area (Å²) in [5, 5.41) is 0.627. The number of primary amides is 1. The maximum Gasteiger partial charge on any atom is 0.262 e. The van der Waals surface area contributed by atoms with E-state index in [1.165, 1.54) is 0 Å². The van der Waals surface area contributed by atoms with Gasteiger partial charge in [0.25, 0.3) is 5.56 Å². The fraction of sp³-hybridized carbons (Fsp3) is 0.381. The molecule has 0 aliphatic carbocycles. The number of ether oxygens (including phenoxy) is 2. The van der Waals surface area contributed by atoms with Crippen LogP contribution in [-0.2, 0) is 24.2 Å². The SMILES string of the molecule is CCc1cc2c(=O)n(CCCC(N)=O)c(Cc3ccc(OC)c(OC)c3)nc2s1. The molecule has 29 heavy (non-hydrogen) atoms. The Kier molecular flexibility index (Phi) is 6.53. The fourth-order valence-electron chi connectivity index (χ4n) is 3.23. The number of hydrogen-bond donors (Lipinski definition) is 1. The molecule has 3 rings (SSSR count). The number of fused-ring (bicyclic) bond motifs is 1. The number of carbonyl (C=O) groups is 1. The van der Waals surface area contributed by atoms with Gasteiger partial charge in [0.1, 0.15) is 10.7 Å². The van der Waals surface area contributed by atoms with E-state index in [0.29, 0.717) is 42.1 Å². The van der Waals surface area contributed by atoms with Crippen molar-refractivity contribution in [2.45, 2.75) is 39.2 Å². The zero-order valence-corrected chi connectivity index (χ0v) is 17.7. The van der Waals surface area contributed by atoms with E-state index in [4.69, 9.17) is 20.2 Å². The molecule has 7 nitrogen and oxygen atoms in total. The van der Waals surface area contributed by atoms with Crippen LogP contribution in [0.1, 0.15) is 36.0 Å². The van der Waals surface area contributed by atoms with E-state index >= 15 is 0 Å².